The smallest absolute Gasteiger partial charge is 0.200 e. The van der Waals surface area contributed by atoms with Crippen molar-refractivity contribution in [1.29, 1.82) is 0 Å². The fraction of sp³-hybridized carbons (Fsp3) is 0.389. The zero-order valence-corrected chi connectivity index (χ0v) is 15.6. The van der Waals surface area contributed by atoms with E-state index in [1.807, 2.05) is 30.4 Å². The number of anilines is 1. The minimum absolute atomic E-state index is 0.0734. The van der Waals surface area contributed by atoms with Crippen LogP contribution in [0.25, 0.3) is 22.7 Å². The number of aromatic hydroxyl groups is 1. The molecule has 1 fully saturated rings. The van der Waals surface area contributed by atoms with Crippen LogP contribution < -0.4 is 4.90 Å². The number of β-amino-alcohol motifs (C(OH)–C–C–N with tert-alkyl or cyclic N) is 1. The van der Waals surface area contributed by atoms with Gasteiger partial charge in [0.2, 0.25) is 0 Å². The quantitative estimate of drug-likeness (QED) is 0.718. The molecule has 26 heavy (non-hydrogen) atoms. The second kappa shape index (κ2) is 5.82. The summed E-state index contributed by atoms with van der Waals surface area (Å²) in [5.74, 6) is 1.35. The molecule has 4 rings (SSSR count). The fourth-order valence-corrected chi connectivity index (χ4v) is 3.75. The summed E-state index contributed by atoms with van der Waals surface area (Å²) in [4.78, 5) is 15.7. The Kier molecular flexibility index (Phi) is 3.82. The van der Waals surface area contributed by atoms with Crippen molar-refractivity contribution in [3.8, 4) is 17.1 Å². The van der Waals surface area contributed by atoms with Gasteiger partial charge in [0.05, 0.1) is 17.4 Å². The first-order chi connectivity index (χ1) is 12.2. The number of hydrogen-bond acceptors (Lipinski definition) is 6. The summed E-state index contributed by atoms with van der Waals surface area (Å²) < 4.78 is 1.81. The van der Waals surface area contributed by atoms with Gasteiger partial charge in [0.25, 0.3) is 0 Å². The van der Waals surface area contributed by atoms with Crippen LogP contribution in [0.4, 0.5) is 5.82 Å². The van der Waals surface area contributed by atoms with E-state index in [-0.39, 0.29) is 5.75 Å². The number of phenols is 1. The summed E-state index contributed by atoms with van der Waals surface area (Å²) in [6, 6.07) is 3.29. The van der Waals surface area contributed by atoms with Gasteiger partial charge >= 0.3 is 0 Å². The van der Waals surface area contributed by atoms with Crippen LogP contribution in [0.2, 0.25) is 5.02 Å². The molecule has 0 amide bonds. The molecule has 0 bridgehead atoms. The highest BCUT2D eigenvalue weighted by atomic mass is 35.5. The highest BCUT2D eigenvalue weighted by Gasteiger charge is 2.32. The Labute approximate surface area is 155 Å². The van der Waals surface area contributed by atoms with Crippen molar-refractivity contribution in [2.75, 3.05) is 18.0 Å². The molecule has 1 saturated heterocycles. The fourth-order valence-electron chi connectivity index (χ4n) is 3.48. The summed E-state index contributed by atoms with van der Waals surface area (Å²) in [7, 11) is 1.84. The topological polar surface area (TPSA) is 87.3 Å². The molecule has 1 aliphatic heterocycles. The predicted octanol–water partition coefficient (Wildman–Crippen LogP) is 2.66. The Bertz CT molecular complexity index is 991. The zero-order valence-electron chi connectivity index (χ0n) is 14.9. The number of halogens is 1. The van der Waals surface area contributed by atoms with Crippen molar-refractivity contribution in [3.05, 3.63) is 28.9 Å². The number of imidazole rings is 1. The first kappa shape index (κ1) is 17.1. The van der Waals surface area contributed by atoms with E-state index >= 15 is 0 Å². The number of aryl methyl sites for hydroxylation is 2. The highest BCUT2D eigenvalue weighted by Crippen LogP contribution is 2.35. The van der Waals surface area contributed by atoms with Gasteiger partial charge in [-0.3, -0.25) is 0 Å². The molecule has 0 spiro atoms. The summed E-state index contributed by atoms with van der Waals surface area (Å²) in [5.41, 5.74) is 1.85. The van der Waals surface area contributed by atoms with E-state index < -0.39 is 5.60 Å². The van der Waals surface area contributed by atoms with Crippen LogP contribution in [0.5, 0.6) is 5.75 Å². The highest BCUT2D eigenvalue weighted by molar-refractivity contribution is 6.31. The lowest BCUT2D eigenvalue weighted by atomic mass is 10.1. The minimum Gasteiger partial charge on any atom is -0.507 e. The lowest BCUT2D eigenvalue weighted by Crippen LogP contribution is -2.30. The molecule has 1 atom stereocenters. The molecule has 3 heterocycles. The van der Waals surface area contributed by atoms with Gasteiger partial charge in [0, 0.05) is 25.2 Å². The Morgan fingerprint density at radius 3 is 2.69 bits per heavy atom. The van der Waals surface area contributed by atoms with Gasteiger partial charge in [-0.05, 0) is 38.0 Å². The molecule has 7 nitrogen and oxygen atoms in total. The van der Waals surface area contributed by atoms with Crippen LogP contribution in [0, 0.1) is 6.92 Å². The second-order valence-corrected chi connectivity index (χ2v) is 7.59. The maximum Gasteiger partial charge on any atom is 0.200 e. The number of aromatic nitrogens is 4. The van der Waals surface area contributed by atoms with Crippen LogP contribution in [0.3, 0.4) is 0 Å². The molecule has 0 unspecified atom stereocenters. The monoisotopic (exact) mass is 373 g/mol. The second-order valence-electron chi connectivity index (χ2n) is 7.16. The van der Waals surface area contributed by atoms with Gasteiger partial charge in [-0.1, -0.05) is 11.6 Å². The van der Waals surface area contributed by atoms with Crippen molar-refractivity contribution >= 4 is 28.7 Å². The maximum absolute atomic E-state index is 10.3. The first-order valence-corrected chi connectivity index (χ1v) is 8.79. The van der Waals surface area contributed by atoms with Gasteiger partial charge in [0.1, 0.15) is 17.4 Å². The molecule has 136 valence electrons. The number of aliphatic hydroxyl groups is 1. The largest absolute Gasteiger partial charge is 0.507 e. The molecule has 1 aromatic carbocycles. The molecule has 0 radical (unpaired) electrons. The molecule has 3 aromatic rings. The van der Waals surface area contributed by atoms with Gasteiger partial charge < -0.3 is 19.7 Å². The Hall–Kier alpha value is -2.38. The molecule has 0 saturated carbocycles. The number of benzene rings is 1. The molecule has 2 N–H and O–H groups in total. The van der Waals surface area contributed by atoms with E-state index in [1.54, 1.807) is 12.3 Å². The average Bonchev–Trinajstić information content (AvgIpc) is 3.07. The van der Waals surface area contributed by atoms with Crippen molar-refractivity contribution in [2.45, 2.75) is 25.9 Å². The number of fused-ring (bicyclic) bond motifs is 1. The maximum atomic E-state index is 10.3. The third kappa shape index (κ3) is 2.77. The Morgan fingerprint density at radius 2 is 2.04 bits per heavy atom. The lowest BCUT2D eigenvalue weighted by Gasteiger charge is -2.19. The summed E-state index contributed by atoms with van der Waals surface area (Å²) in [6.45, 7) is 4.94. The van der Waals surface area contributed by atoms with Crippen LogP contribution in [0.1, 0.15) is 18.9 Å². The number of nitrogens with zero attached hydrogens (tertiary/aromatic N) is 5. The van der Waals surface area contributed by atoms with E-state index in [0.717, 1.165) is 12.1 Å². The summed E-state index contributed by atoms with van der Waals surface area (Å²) >= 11 is 6.01. The SMILES string of the molecule is Cc1cc(Cl)cc(O)c1-c1nc2nc(N3CC[C@](C)(O)C3)cnc2n1C. The van der Waals surface area contributed by atoms with E-state index in [4.69, 9.17) is 11.6 Å². The van der Waals surface area contributed by atoms with Crippen LogP contribution in [-0.2, 0) is 7.05 Å². The van der Waals surface area contributed by atoms with Crippen molar-refractivity contribution in [3.63, 3.8) is 0 Å². The minimum atomic E-state index is -0.710. The zero-order chi connectivity index (χ0) is 18.6. The van der Waals surface area contributed by atoms with Gasteiger partial charge in [-0.2, -0.15) is 0 Å². The molecular weight excluding hydrogens is 354 g/mol. The summed E-state index contributed by atoms with van der Waals surface area (Å²) in [5, 5.41) is 21.0. The first-order valence-electron chi connectivity index (χ1n) is 8.41. The van der Waals surface area contributed by atoms with Crippen molar-refractivity contribution in [2.24, 2.45) is 7.05 Å². The van der Waals surface area contributed by atoms with Crippen molar-refractivity contribution in [1.82, 2.24) is 19.5 Å². The van der Waals surface area contributed by atoms with E-state index in [0.29, 0.717) is 46.5 Å². The van der Waals surface area contributed by atoms with Gasteiger partial charge in [0.15, 0.2) is 11.3 Å². The van der Waals surface area contributed by atoms with Crippen LogP contribution in [-0.4, -0.2) is 48.4 Å². The van der Waals surface area contributed by atoms with Crippen LogP contribution in [0.15, 0.2) is 18.3 Å². The molecule has 8 heteroatoms. The third-order valence-corrected chi connectivity index (χ3v) is 5.07. The number of hydrogen-bond donors (Lipinski definition) is 2. The Balaban J connectivity index is 1.81. The standard InChI is InChI=1S/C18H20ClN5O2/c1-10-6-11(19)7-12(25)14(10)16-22-15-17(23(16)3)20-8-13(21-15)24-5-4-18(2,26)9-24/h6-8,25-26H,4-5,9H2,1-3H3/t18-/m0/s1. The van der Waals surface area contributed by atoms with Crippen molar-refractivity contribution < 1.29 is 10.2 Å². The third-order valence-electron chi connectivity index (χ3n) is 4.85. The molecular formula is C18H20ClN5O2. The predicted molar refractivity (Wildman–Crippen MR) is 101 cm³/mol. The normalized spacial score (nSPS) is 20.3. The molecule has 2 aromatic heterocycles. The molecule has 1 aliphatic rings. The van der Waals surface area contributed by atoms with E-state index in [9.17, 15) is 10.2 Å². The van der Waals surface area contributed by atoms with E-state index in [1.165, 1.54) is 6.07 Å². The van der Waals surface area contributed by atoms with Crippen LogP contribution >= 0.6 is 11.6 Å². The summed E-state index contributed by atoms with van der Waals surface area (Å²) in [6.07, 6.45) is 2.39. The van der Waals surface area contributed by atoms with Gasteiger partial charge in [-0.25, -0.2) is 15.0 Å². The number of phenolic OH excluding ortho intramolecular Hbond substituents is 1. The van der Waals surface area contributed by atoms with Gasteiger partial charge in [-0.15, -0.1) is 0 Å². The number of rotatable bonds is 2. The van der Waals surface area contributed by atoms with E-state index in [2.05, 4.69) is 15.0 Å². The average molecular weight is 374 g/mol. The lowest BCUT2D eigenvalue weighted by molar-refractivity contribution is 0.0839. The Morgan fingerprint density at radius 1 is 1.27 bits per heavy atom. The molecule has 0 aliphatic carbocycles.